The fourth-order valence-electron chi connectivity index (χ4n) is 2.80. The van der Waals surface area contributed by atoms with Crippen molar-refractivity contribution in [3.8, 4) is 0 Å². The third-order valence-electron chi connectivity index (χ3n) is 6.58. The number of ether oxygens (including phenoxy) is 2. The lowest BCUT2D eigenvalue weighted by molar-refractivity contribution is -0.458. The number of alkyl halides is 21. The first-order valence-electron chi connectivity index (χ1n) is 17.6. The van der Waals surface area contributed by atoms with Gasteiger partial charge in [-0.25, -0.2) is 18.0 Å². The number of ketones is 1. The van der Waals surface area contributed by atoms with Gasteiger partial charge >= 0.3 is 77.0 Å². The number of likely N-dealkylation sites (N-methyl/N-ethyl adjacent to an activating group) is 1. The standard InChI is InChI=1S/C14H6F21NO4S.C6H12O.C5H8O2.C3H8O2S.C3H6O2S.C2H6OS/c1-3-4(37)40-13(32,33)12(30,31)36(2)41(38,39)14(34,35)10(25,26)8(21,22)6(17,18)5(15,16)7(19,20)9(23,24)11(27,28)29;1-5(2)4-6(3)7;1-4(2)5(6)7-3;1-2-3(4,5)6;1-2(6)3(4)5;1-2(3)4/h3H,1H2,2H3;5H,4H2,1-3H3;1H2,2-3H3;4-6H,2H2,1H3;2,6H,1H3,(H,4,5);2-4H,1H3. The van der Waals surface area contributed by atoms with Gasteiger partial charge in [-0.2, -0.15) is 105 Å². The number of aliphatic carboxylic acids is 1. The number of carbonyl (C=O) groups excluding carboxylic acids is 3. The smallest absolute Gasteiger partial charge is 0.480 e. The minimum absolute atomic E-state index is 0.246. The van der Waals surface area contributed by atoms with E-state index in [1.54, 1.807) is 27.7 Å². The number of Topliss-reactive ketones (excluding diaryl/α,β-unsaturated/α-hetero) is 1. The number of nitrogens with zero attached hydrogens (tertiary/aromatic N) is 1. The van der Waals surface area contributed by atoms with Crippen molar-refractivity contribution in [1.82, 2.24) is 4.31 Å². The second-order valence-corrected chi connectivity index (χ2v) is 17.7. The van der Waals surface area contributed by atoms with Crippen LogP contribution in [-0.4, -0.2) is 146 Å². The molecule has 0 rings (SSSR count). The van der Waals surface area contributed by atoms with E-state index in [0.29, 0.717) is 11.5 Å². The van der Waals surface area contributed by atoms with Gasteiger partial charge in [-0.15, -0.1) is 29.6 Å². The van der Waals surface area contributed by atoms with Crippen molar-refractivity contribution in [2.75, 3.05) is 14.2 Å². The number of sulfonamides is 1. The Labute approximate surface area is 406 Å². The summed E-state index contributed by atoms with van der Waals surface area (Å²) in [7, 11) is -8.86. The molecule has 0 saturated carbocycles. The van der Waals surface area contributed by atoms with Crippen LogP contribution in [0.5, 0.6) is 0 Å². The first-order valence-corrected chi connectivity index (χ1v) is 20.5. The van der Waals surface area contributed by atoms with Crippen LogP contribution >= 0.6 is 37.9 Å². The van der Waals surface area contributed by atoms with Crippen molar-refractivity contribution in [1.29, 1.82) is 0 Å². The molecule has 0 aliphatic carbocycles. The maximum Gasteiger partial charge on any atom is 0.483 e. The van der Waals surface area contributed by atoms with E-state index < -0.39 is 114 Å². The zero-order chi connectivity index (χ0) is 59.7. The van der Waals surface area contributed by atoms with Gasteiger partial charge in [-0.1, -0.05) is 33.9 Å². The average Bonchev–Trinajstić information content (AvgIpc) is 3.15. The molecule has 38 heteroatoms. The molecule has 0 aliphatic rings. The van der Waals surface area contributed by atoms with Gasteiger partial charge in [-0.05, 0) is 33.6 Å². The molecule has 0 aliphatic heterocycles. The van der Waals surface area contributed by atoms with Gasteiger partial charge < -0.3 is 34.7 Å². The molecule has 2 unspecified atom stereocenters. The Morgan fingerprint density at radius 2 is 0.986 bits per heavy atom. The van der Waals surface area contributed by atoms with Gasteiger partial charge in [0, 0.05) is 31.5 Å². The van der Waals surface area contributed by atoms with Gasteiger partial charge in [-0.3, -0.25) is 4.79 Å². The molecule has 0 spiro atoms. The first kappa shape index (κ1) is 79.3. The number of thiol groups is 3. The third kappa shape index (κ3) is 21.7. The predicted molar refractivity (Wildman–Crippen MR) is 214 cm³/mol. The number of hydrogen-bond acceptors (Lipinski definition) is 14. The van der Waals surface area contributed by atoms with E-state index in [0.717, 1.165) is 6.42 Å². The molecule has 4 N–H and O–H groups in total. The van der Waals surface area contributed by atoms with Crippen molar-refractivity contribution in [3.05, 3.63) is 24.8 Å². The molecule has 0 fully saturated rings. The van der Waals surface area contributed by atoms with E-state index in [1.807, 2.05) is 13.8 Å². The summed E-state index contributed by atoms with van der Waals surface area (Å²) in [6.45, 7) is 17.7. The maximum atomic E-state index is 14.0. The molecule has 0 aromatic rings. The zero-order valence-electron chi connectivity index (χ0n) is 37.3. The second-order valence-electron chi connectivity index (χ2n) is 13.5. The Morgan fingerprint density at radius 1 is 0.704 bits per heavy atom. The molecular weight excluding hydrogens is 1130 g/mol. The molecule has 2 atom stereocenters. The fraction of sp³-hybridized carbons (Fsp3) is 0.758. The zero-order valence-corrected chi connectivity index (χ0v) is 40.8. The second kappa shape index (κ2) is 28.6. The summed E-state index contributed by atoms with van der Waals surface area (Å²) in [5, 5.41) is 21.5. The summed E-state index contributed by atoms with van der Waals surface area (Å²) in [6.07, 6.45) is -14.3. The number of aliphatic hydroxyl groups excluding tert-OH is 1. The molecule has 0 radical (unpaired) electrons. The van der Waals surface area contributed by atoms with Crippen molar-refractivity contribution in [2.45, 2.75) is 136 Å². The number of carboxylic acid groups (broad SMARTS) is 1. The van der Waals surface area contributed by atoms with Crippen LogP contribution in [0.25, 0.3) is 0 Å². The van der Waals surface area contributed by atoms with Crippen LogP contribution in [0.3, 0.4) is 0 Å². The van der Waals surface area contributed by atoms with Gasteiger partial charge in [0.25, 0.3) is 10.0 Å². The third-order valence-corrected chi connectivity index (χ3v) is 8.97. The topological polar surface area (TPSA) is 205 Å². The van der Waals surface area contributed by atoms with Crippen molar-refractivity contribution in [3.63, 3.8) is 0 Å². The number of carbonyl (C=O) groups is 4. The number of methoxy groups -OCH3 is 1. The van der Waals surface area contributed by atoms with Gasteiger partial charge in [0.05, 0.1) is 17.8 Å². The molecule has 426 valence electrons. The molecule has 0 saturated heterocycles. The summed E-state index contributed by atoms with van der Waals surface area (Å²) in [5.41, 5.74) is -0.0394. The summed E-state index contributed by atoms with van der Waals surface area (Å²) < 4.78 is 306. The maximum absolute atomic E-state index is 14.0. The van der Waals surface area contributed by atoms with Crippen LogP contribution in [0.2, 0.25) is 0 Å². The Balaban J connectivity index is -0.000000279. The number of aliphatic hydroxyl groups is 3. The molecule has 0 heterocycles. The normalized spacial score (nSPS) is 14.1. The van der Waals surface area contributed by atoms with Gasteiger partial charge in [0.2, 0.25) is 5.12 Å². The summed E-state index contributed by atoms with van der Waals surface area (Å²) >= 11 is 10.5. The lowest BCUT2D eigenvalue weighted by Gasteiger charge is -2.43. The molecule has 0 aromatic heterocycles. The molecule has 0 aromatic carbocycles. The number of esters is 2. The monoisotopic (exact) mass is 1180 g/mol. The van der Waals surface area contributed by atoms with Crippen LogP contribution in [0.15, 0.2) is 24.8 Å². The highest BCUT2D eigenvalue weighted by molar-refractivity contribution is 7.90. The molecule has 13 nitrogen and oxygen atoms in total. The van der Waals surface area contributed by atoms with Gasteiger partial charge in [0.1, 0.15) is 5.78 Å². The highest BCUT2D eigenvalue weighted by Gasteiger charge is 2.96. The SMILES string of the molecule is C=C(C)C(=O)OC.C=CC(=O)OC(F)(F)C(F)(F)N(C)S(=O)(=O)C(F)(F)C(F)(F)C(F)(F)C(F)(F)C(F)(F)C(F)(F)C(F)(F)C(F)(F)F.CC(=O)CC(C)C.CC(O)S.CC(S)C(=O)O.CCC(O)(O)S. The Morgan fingerprint density at radius 3 is 1.15 bits per heavy atom. The van der Waals surface area contributed by atoms with Crippen LogP contribution in [0, 0.1) is 5.92 Å². The summed E-state index contributed by atoms with van der Waals surface area (Å²) in [4.78, 5) is 40.7. The summed E-state index contributed by atoms with van der Waals surface area (Å²) in [6, 6.07) is -7.12. The number of rotatable bonds is 17. The first-order chi connectivity index (χ1) is 30.6. The van der Waals surface area contributed by atoms with E-state index >= 15 is 0 Å². The number of hydrogen-bond donors (Lipinski definition) is 7. The average molecular weight is 1180 g/mol. The Hall–Kier alpha value is -3.07. The van der Waals surface area contributed by atoms with Crippen LogP contribution < -0.4 is 0 Å². The minimum Gasteiger partial charge on any atom is -0.480 e. The Kier molecular flexibility index (Phi) is 31.9. The van der Waals surface area contributed by atoms with E-state index in [-0.39, 0.29) is 18.2 Å². The van der Waals surface area contributed by atoms with Crippen molar-refractivity contribution >= 4 is 71.6 Å². The lowest BCUT2D eigenvalue weighted by Crippen LogP contribution is -2.75. The van der Waals surface area contributed by atoms with Crippen molar-refractivity contribution in [2.24, 2.45) is 5.92 Å². The van der Waals surface area contributed by atoms with E-state index in [4.69, 9.17) is 20.4 Å². The van der Waals surface area contributed by atoms with E-state index in [9.17, 15) is 120 Å². The van der Waals surface area contributed by atoms with E-state index in [2.05, 4.69) is 60.5 Å². The predicted octanol–water partition coefficient (Wildman–Crippen LogP) is 9.10. The van der Waals surface area contributed by atoms with E-state index in [1.165, 1.54) is 14.0 Å². The Bertz CT molecular complexity index is 1840. The van der Waals surface area contributed by atoms with Gasteiger partial charge in [0.15, 0.2) is 0 Å². The molecule has 0 bridgehead atoms. The fourth-order valence-corrected chi connectivity index (χ4v) is 4.00. The number of halogens is 21. The molecular formula is C33H46F21NO12S4. The van der Waals surface area contributed by atoms with Crippen LogP contribution in [0.4, 0.5) is 92.2 Å². The largest absolute Gasteiger partial charge is 0.483 e. The van der Waals surface area contributed by atoms with Crippen LogP contribution in [0.1, 0.15) is 61.3 Å². The highest BCUT2D eigenvalue weighted by Crippen LogP contribution is 2.64. The molecule has 71 heavy (non-hydrogen) atoms. The number of carboxylic acids is 1. The minimum atomic E-state index is -9.27. The highest BCUT2D eigenvalue weighted by atomic mass is 32.2. The molecule has 0 amide bonds. The van der Waals surface area contributed by atoms with Crippen LogP contribution in [-0.2, 0) is 38.7 Å². The lowest BCUT2D eigenvalue weighted by atomic mass is 9.91. The summed E-state index contributed by atoms with van der Waals surface area (Å²) in [5.74, 6) is -57.3. The quantitative estimate of drug-likeness (QED) is 0.0182. The van der Waals surface area contributed by atoms with Crippen molar-refractivity contribution < 1.29 is 150 Å².